The first-order valence-electron chi connectivity index (χ1n) is 6.96. The maximum absolute atomic E-state index is 5.56. The third kappa shape index (κ3) is 3.39. The van der Waals surface area contributed by atoms with Crippen LogP contribution in [-0.4, -0.2) is 40.0 Å². The fraction of sp³-hybridized carbons (Fsp3) is 0.615. The highest BCUT2D eigenvalue weighted by Crippen LogP contribution is 2.28. The lowest BCUT2D eigenvalue weighted by molar-refractivity contribution is 0.117. The molecule has 2 unspecified atom stereocenters. The van der Waals surface area contributed by atoms with Crippen LogP contribution in [-0.2, 0) is 22.6 Å². The first kappa shape index (κ1) is 14.4. The van der Waals surface area contributed by atoms with E-state index in [9.17, 15) is 0 Å². The van der Waals surface area contributed by atoms with E-state index in [1.165, 1.54) is 0 Å². The number of hydrogen-bond donors (Lipinski definition) is 2. The lowest BCUT2D eigenvalue weighted by Crippen LogP contribution is -2.11. The molecule has 0 spiro atoms. The first-order valence-corrected chi connectivity index (χ1v) is 7.84. The van der Waals surface area contributed by atoms with Gasteiger partial charge >= 0.3 is 0 Å². The van der Waals surface area contributed by atoms with Crippen molar-refractivity contribution in [3.8, 4) is 0 Å². The molecule has 2 N–H and O–H groups in total. The Morgan fingerprint density at radius 2 is 2.43 bits per heavy atom. The Morgan fingerprint density at radius 3 is 3.19 bits per heavy atom. The molecular weight excluding hydrogens is 290 g/mol. The Kier molecular flexibility index (Phi) is 4.47. The zero-order chi connectivity index (χ0) is 14.7. The first-order chi connectivity index (χ1) is 10.3. The quantitative estimate of drug-likeness (QED) is 0.848. The molecule has 0 amide bonds. The number of anilines is 1. The molecule has 2 aromatic rings. The summed E-state index contributed by atoms with van der Waals surface area (Å²) in [6.45, 7) is 4.01. The lowest BCUT2D eigenvalue weighted by Gasteiger charge is -2.09. The van der Waals surface area contributed by atoms with Gasteiger partial charge in [0.2, 0.25) is 5.95 Å². The standard InChI is InChI=1S/C13H19N5O2S/c1-8-10(3-4-20-8)12-16-13(18-17-12)14-5-9-7-21-11(15-9)6-19-2/h7-8,10H,3-6H2,1-2H3,(H2,14,16,17,18). The molecule has 3 heterocycles. The van der Waals surface area contributed by atoms with Crippen LogP contribution >= 0.6 is 11.3 Å². The van der Waals surface area contributed by atoms with E-state index in [1.54, 1.807) is 18.4 Å². The van der Waals surface area contributed by atoms with Crippen molar-refractivity contribution >= 4 is 17.3 Å². The zero-order valence-corrected chi connectivity index (χ0v) is 12.9. The smallest absolute Gasteiger partial charge is 0.242 e. The van der Waals surface area contributed by atoms with Crippen molar-refractivity contribution < 1.29 is 9.47 Å². The third-order valence-electron chi connectivity index (χ3n) is 3.52. The molecule has 0 radical (unpaired) electrons. The van der Waals surface area contributed by atoms with E-state index in [-0.39, 0.29) is 6.10 Å². The second-order valence-electron chi connectivity index (χ2n) is 5.03. The number of rotatable bonds is 6. The number of hydrogen-bond acceptors (Lipinski definition) is 7. The summed E-state index contributed by atoms with van der Waals surface area (Å²) >= 11 is 1.59. The number of thiazole rings is 1. The van der Waals surface area contributed by atoms with Gasteiger partial charge in [-0.3, -0.25) is 5.10 Å². The maximum Gasteiger partial charge on any atom is 0.242 e. The van der Waals surface area contributed by atoms with Crippen LogP contribution in [0.25, 0.3) is 0 Å². The fourth-order valence-electron chi connectivity index (χ4n) is 2.40. The molecule has 8 heteroatoms. The maximum atomic E-state index is 5.56. The van der Waals surface area contributed by atoms with Crippen molar-refractivity contribution in [3.63, 3.8) is 0 Å². The average molecular weight is 309 g/mol. The second kappa shape index (κ2) is 6.50. The SMILES string of the molecule is COCc1nc(CNc2n[nH]c(C3CCOC3C)n2)cs1. The number of methoxy groups -OCH3 is 1. The molecule has 21 heavy (non-hydrogen) atoms. The van der Waals surface area contributed by atoms with E-state index in [4.69, 9.17) is 9.47 Å². The van der Waals surface area contributed by atoms with Crippen LogP contribution in [0.2, 0.25) is 0 Å². The van der Waals surface area contributed by atoms with Crippen molar-refractivity contribution in [2.75, 3.05) is 19.0 Å². The van der Waals surface area contributed by atoms with Crippen molar-refractivity contribution in [1.82, 2.24) is 20.2 Å². The molecule has 2 aromatic heterocycles. The van der Waals surface area contributed by atoms with E-state index in [0.717, 1.165) is 29.6 Å². The average Bonchev–Trinajstić information content (AvgIpc) is 3.17. The van der Waals surface area contributed by atoms with Crippen LogP contribution in [0.5, 0.6) is 0 Å². The van der Waals surface area contributed by atoms with Crippen LogP contribution in [0.4, 0.5) is 5.95 Å². The number of ether oxygens (including phenoxy) is 2. The predicted octanol–water partition coefficient (Wildman–Crippen LogP) is 1.91. The van der Waals surface area contributed by atoms with Crippen molar-refractivity contribution in [3.05, 3.63) is 21.9 Å². The summed E-state index contributed by atoms with van der Waals surface area (Å²) in [7, 11) is 1.67. The van der Waals surface area contributed by atoms with Gasteiger partial charge in [0.15, 0.2) is 0 Å². The van der Waals surface area contributed by atoms with Gasteiger partial charge in [-0.2, -0.15) is 4.98 Å². The highest BCUT2D eigenvalue weighted by atomic mass is 32.1. The van der Waals surface area contributed by atoms with Gasteiger partial charge in [0, 0.05) is 25.0 Å². The summed E-state index contributed by atoms with van der Waals surface area (Å²) in [5.74, 6) is 1.80. The molecule has 0 aliphatic carbocycles. The van der Waals surface area contributed by atoms with Crippen LogP contribution in [0, 0.1) is 0 Å². The number of nitrogens with one attached hydrogen (secondary N) is 2. The largest absolute Gasteiger partial charge is 0.378 e. The van der Waals surface area contributed by atoms with Crippen molar-refractivity contribution in [1.29, 1.82) is 0 Å². The Bertz CT molecular complexity index is 585. The van der Waals surface area contributed by atoms with Crippen LogP contribution in [0.3, 0.4) is 0 Å². The Morgan fingerprint density at radius 1 is 1.52 bits per heavy atom. The monoisotopic (exact) mass is 309 g/mol. The minimum absolute atomic E-state index is 0.195. The number of aromatic amines is 1. The van der Waals surface area contributed by atoms with Gasteiger partial charge < -0.3 is 14.8 Å². The summed E-state index contributed by atoms with van der Waals surface area (Å²) in [4.78, 5) is 8.95. The summed E-state index contributed by atoms with van der Waals surface area (Å²) < 4.78 is 10.6. The minimum Gasteiger partial charge on any atom is -0.378 e. The Labute approximate surface area is 127 Å². The molecule has 0 aromatic carbocycles. The highest BCUT2D eigenvalue weighted by Gasteiger charge is 2.28. The Balaban J connectivity index is 1.56. The van der Waals surface area contributed by atoms with Gasteiger partial charge in [-0.05, 0) is 13.3 Å². The van der Waals surface area contributed by atoms with Gasteiger partial charge in [0.05, 0.1) is 24.9 Å². The van der Waals surface area contributed by atoms with Crippen LogP contribution in [0.1, 0.15) is 35.8 Å². The van der Waals surface area contributed by atoms with Gasteiger partial charge in [0.1, 0.15) is 10.8 Å². The van der Waals surface area contributed by atoms with E-state index in [2.05, 4.69) is 32.4 Å². The summed E-state index contributed by atoms with van der Waals surface area (Å²) in [6, 6.07) is 0. The summed E-state index contributed by atoms with van der Waals surface area (Å²) in [5, 5.41) is 13.4. The predicted molar refractivity (Wildman–Crippen MR) is 79.3 cm³/mol. The topological polar surface area (TPSA) is 85.0 Å². The number of H-pyrrole nitrogens is 1. The van der Waals surface area contributed by atoms with Crippen LogP contribution in [0.15, 0.2) is 5.38 Å². The molecule has 1 aliphatic heterocycles. The van der Waals surface area contributed by atoms with Crippen molar-refractivity contribution in [2.24, 2.45) is 0 Å². The van der Waals surface area contributed by atoms with E-state index < -0.39 is 0 Å². The van der Waals surface area contributed by atoms with E-state index >= 15 is 0 Å². The molecule has 2 atom stereocenters. The summed E-state index contributed by atoms with van der Waals surface area (Å²) in [6.07, 6.45) is 1.18. The second-order valence-corrected chi connectivity index (χ2v) is 5.98. The minimum atomic E-state index is 0.195. The highest BCUT2D eigenvalue weighted by molar-refractivity contribution is 7.09. The fourth-order valence-corrected chi connectivity index (χ4v) is 3.16. The number of nitrogens with zero attached hydrogens (tertiary/aromatic N) is 3. The molecule has 0 saturated carbocycles. The van der Waals surface area contributed by atoms with Gasteiger partial charge in [-0.1, -0.05) is 0 Å². The van der Waals surface area contributed by atoms with Gasteiger partial charge in [-0.25, -0.2) is 4.98 Å². The molecule has 114 valence electrons. The van der Waals surface area contributed by atoms with Crippen LogP contribution < -0.4 is 5.32 Å². The molecule has 1 saturated heterocycles. The third-order valence-corrected chi connectivity index (χ3v) is 4.40. The van der Waals surface area contributed by atoms with Gasteiger partial charge in [-0.15, -0.1) is 16.4 Å². The zero-order valence-electron chi connectivity index (χ0n) is 12.1. The van der Waals surface area contributed by atoms with Gasteiger partial charge in [0.25, 0.3) is 0 Å². The summed E-state index contributed by atoms with van der Waals surface area (Å²) in [5.41, 5.74) is 0.968. The molecule has 1 aliphatic rings. The van der Waals surface area contributed by atoms with E-state index in [1.807, 2.05) is 5.38 Å². The normalized spacial score (nSPS) is 21.8. The molecular formula is C13H19N5O2S. The Hall–Kier alpha value is -1.51. The van der Waals surface area contributed by atoms with E-state index in [0.29, 0.717) is 25.0 Å². The lowest BCUT2D eigenvalue weighted by atomic mass is 10.0. The number of aromatic nitrogens is 4. The molecule has 0 bridgehead atoms. The molecule has 1 fully saturated rings. The van der Waals surface area contributed by atoms with Crippen molar-refractivity contribution in [2.45, 2.75) is 38.5 Å². The molecule has 3 rings (SSSR count). The molecule has 7 nitrogen and oxygen atoms in total.